The second-order valence-electron chi connectivity index (χ2n) is 7.25. The monoisotopic (exact) mass is 486 g/mol. The van der Waals surface area contributed by atoms with E-state index in [-0.39, 0.29) is 29.9 Å². The number of carbonyl (C=O) groups excluding carboxylic acids is 1. The Balaban J connectivity index is 0.00000364. The van der Waals surface area contributed by atoms with E-state index in [1.165, 1.54) is 25.7 Å². The van der Waals surface area contributed by atoms with Crippen LogP contribution in [0.15, 0.2) is 29.3 Å². The van der Waals surface area contributed by atoms with Gasteiger partial charge in [0.25, 0.3) is 5.91 Å². The molecule has 1 fully saturated rings. The molecule has 1 aliphatic carbocycles. The highest BCUT2D eigenvalue weighted by Gasteiger charge is 2.18. The number of hydrogen-bond donors (Lipinski definition) is 3. The van der Waals surface area contributed by atoms with E-state index in [1.54, 1.807) is 0 Å². The molecule has 0 spiro atoms. The highest BCUT2D eigenvalue weighted by molar-refractivity contribution is 14.0. The van der Waals surface area contributed by atoms with Crippen molar-refractivity contribution in [1.29, 1.82) is 0 Å². The number of guanidine groups is 1. The van der Waals surface area contributed by atoms with Crippen molar-refractivity contribution in [1.82, 2.24) is 16.0 Å². The first-order valence-electron chi connectivity index (χ1n) is 10.0. The van der Waals surface area contributed by atoms with E-state index < -0.39 is 0 Å². The number of aliphatic imine (C=N–C) groups is 1. The molecule has 1 saturated carbocycles. The van der Waals surface area contributed by atoms with Crippen LogP contribution in [0, 0.1) is 5.92 Å². The second-order valence-corrected chi connectivity index (χ2v) is 7.25. The van der Waals surface area contributed by atoms with Crippen LogP contribution in [0.25, 0.3) is 0 Å². The molecule has 27 heavy (non-hydrogen) atoms. The number of halogens is 1. The van der Waals surface area contributed by atoms with E-state index in [9.17, 15) is 4.79 Å². The van der Waals surface area contributed by atoms with Crippen LogP contribution in [0.5, 0.6) is 0 Å². The van der Waals surface area contributed by atoms with Gasteiger partial charge in [-0.2, -0.15) is 0 Å². The molecule has 1 aromatic carbocycles. The molecule has 1 amide bonds. The van der Waals surface area contributed by atoms with Crippen LogP contribution in [0.2, 0.25) is 0 Å². The van der Waals surface area contributed by atoms with Crippen LogP contribution in [-0.4, -0.2) is 31.0 Å². The Morgan fingerprint density at radius 1 is 1.15 bits per heavy atom. The zero-order chi connectivity index (χ0) is 18.8. The Morgan fingerprint density at radius 3 is 2.56 bits per heavy atom. The van der Waals surface area contributed by atoms with E-state index >= 15 is 0 Å². The molecule has 0 bridgehead atoms. The van der Waals surface area contributed by atoms with E-state index in [0.717, 1.165) is 30.4 Å². The van der Waals surface area contributed by atoms with Gasteiger partial charge in [0.05, 0.1) is 6.54 Å². The van der Waals surface area contributed by atoms with Crippen molar-refractivity contribution in [3.63, 3.8) is 0 Å². The minimum atomic E-state index is -0.0148. The first kappa shape index (κ1) is 23.7. The topological polar surface area (TPSA) is 65.5 Å². The molecule has 1 aliphatic rings. The first-order chi connectivity index (χ1) is 12.6. The molecule has 3 N–H and O–H groups in total. The summed E-state index contributed by atoms with van der Waals surface area (Å²) >= 11 is 0. The van der Waals surface area contributed by atoms with Crippen molar-refractivity contribution >= 4 is 35.8 Å². The van der Waals surface area contributed by atoms with Crippen molar-refractivity contribution in [2.24, 2.45) is 10.9 Å². The average Bonchev–Trinajstić information content (AvgIpc) is 2.66. The molecule has 0 heterocycles. The standard InChI is InChI=1S/C21H34N4O.HI/c1-4-13-23-20(26)18-8-6-7-17(14-18)15-24-21(22-5-2)25-19-11-9-16(3)10-12-19;/h6-8,14,16,19H,4-5,9-13,15H2,1-3H3,(H,23,26)(H2,22,24,25);1H. The quantitative estimate of drug-likeness (QED) is 0.309. The van der Waals surface area contributed by atoms with Gasteiger partial charge in [-0.3, -0.25) is 4.79 Å². The van der Waals surface area contributed by atoms with Crippen LogP contribution in [0.1, 0.15) is 68.8 Å². The third kappa shape index (κ3) is 8.49. The molecule has 0 unspecified atom stereocenters. The van der Waals surface area contributed by atoms with Crippen LogP contribution in [0.3, 0.4) is 0 Å². The number of rotatable bonds is 7. The SMILES string of the molecule is CCCNC(=O)c1cccc(CN=C(NCC)NC2CCC(C)CC2)c1.I. The molecule has 0 aliphatic heterocycles. The Labute approximate surface area is 181 Å². The second kappa shape index (κ2) is 13.0. The smallest absolute Gasteiger partial charge is 0.251 e. The molecule has 152 valence electrons. The van der Waals surface area contributed by atoms with Crippen molar-refractivity contribution in [3.05, 3.63) is 35.4 Å². The van der Waals surface area contributed by atoms with Gasteiger partial charge in [0.1, 0.15) is 0 Å². The highest BCUT2D eigenvalue weighted by atomic mass is 127. The largest absolute Gasteiger partial charge is 0.357 e. The van der Waals surface area contributed by atoms with Gasteiger partial charge < -0.3 is 16.0 Å². The van der Waals surface area contributed by atoms with E-state index in [2.05, 4.69) is 29.8 Å². The van der Waals surface area contributed by atoms with Gasteiger partial charge in [0.15, 0.2) is 5.96 Å². The summed E-state index contributed by atoms with van der Waals surface area (Å²) in [6.07, 6.45) is 5.92. The van der Waals surface area contributed by atoms with E-state index in [1.807, 2.05) is 31.2 Å². The number of nitrogens with zero attached hydrogens (tertiary/aromatic N) is 1. The summed E-state index contributed by atoms with van der Waals surface area (Å²) in [6.45, 7) is 8.57. The average molecular weight is 486 g/mol. The lowest BCUT2D eigenvalue weighted by Crippen LogP contribution is -2.44. The number of amides is 1. The molecule has 0 saturated heterocycles. The molecule has 0 radical (unpaired) electrons. The predicted molar refractivity (Wildman–Crippen MR) is 124 cm³/mol. The van der Waals surface area contributed by atoms with Gasteiger partial charge in [-0.15, -0.1) is 24.0 Å². The van der Waals surface area contributed by atoms with Gasteiger partial charge in [0.2, 0.25) is 0 Å². The van der Waals surface area contributed by atoms with E-state index in [4.69, 9.17) is 4.99 Å². The summed E-state index contributed by atoms with van der Waals surface area (Å²) < 4.78 is 0. The minimum Gasteiger partial charge on any atom is -0.357 e. The maximum Gasteiger partial charge on any atom is 0.251 e. The van der Waals surface area contributed by atoms with Gasteiger partial charge in [0, 0.05) is 24.7 Å². The molecule has 0 atom stereocenters. The fourth-order valence-electron chi connectivity index (χ4n) is 3.24. The van der Waals surface area contributed by atoms with Gasteiger partial charge >= 0.3 is 0 Å². The minimum absolute atomic E-state index is 0. The van der Waals surface area contributed by atoms with Crippen molar-refractivity contribution in [3.8, 4) is 0 Å². The molecular weight excluding hydrogens is 451 g/mol. The van der Waals surface area contributed by atoms with Crippen molar-refractivity contribution < 1.29 is 4.79 Å². The van der Waals surface area contributed by atoms with Crippen LogP contribution >= 0.6 is 24.0 Å². The van der Waals surface area contributed by atoms with E-state index in [0.29, 0.717) is 24.7 Å². The Morgan fingerprint density at radius 2 is 1.89 bits per heavy atom. The number of carbonyl (C=O) groups is 1. The number of benzene rings is 1. The summed E-state index contributed by atoms with van der Waals surface area (Å²) in [4.78, 5) is 16.8. The summed E-state index contributed by atoms with van der Waals surface area (Å²) in [7, 11) is 0. The first-order valence-corrected chi connectivity index (χ1v) is 10.0. The predicted octanol–water partition coefficient (Wildman–Crippen LogP) is 4.08. The molecule has 6 heteroatoms. The Bertz CT molecular complexity index is 598. The summed E-state index contributed by atoms with van der Waals surface area (Å²) in [5.74, 6) is 1.70. The number of hydrogen-bond acceptors (Lipinski definition) is 2. The Kier molecular flexibility index (Phi) is 11.4. The Hall–Kier alpha value is -1.31. The maximum atomic E-state index is 12.1. The lowest BCUT2D eigenvalue weighted by molar-refractivity contribution is 0.0953. The van der Waals surface area contributed by atoms with Crippen molar-refractivity contribution in [2.45, 2.75) is 65.5 Å². The lowest BCUT2D eigenvalue weighted by atomic mass is 9.87. The number of nitrogens with one attached hydrogen (secondary N) is 3. The third-order valence-electron chi connectivity index (χ3n) is 4.85. The van der Waals surface area contributed by atoms with Crippen LogP contribution in [0.4, 0.5) is 0 Å². The maximum absolute atomic E-state index is 12.1. The van der Waals surface area contributed by atoms with Crippen LogP contribution in [-0.2, 0) is 6.54 Å². The zero-order valence-corrected chi connectivity index (χ0v) is 19.2. The molecule has 2 rings (SSSR count). The zero-order valence-electron chi connectivity index (χ0n) is 16.9. The fraction of sp³-hybridized carbons (Fsp3) is 0.619. The molecule has 5 nitrogen and oxygen atoms in total. The molecular formula is C21H35IN4O. The summed E-state index contributed by atoms with van der Waals surface area (Å²) in [5, 5.41) is 9.83. The summed E-state index contributed by atoms with van der Waals surface area (Å²) in [6, 6.07) is 8.24. The highest BCUT2D eigenvalue weighted by Crippen LogP contribution is 2.23. The normalized spacial score (nSPS) is 19.7. The fourth-order valence-corrected chi connectivity index (χ4v) is 3.24. The van der Waals surface area contributed by atoms with Crippen LogP contribution < -0.4 is 16.0 Å². The van der Waals surface area contributed by atoms with Gasteiger partial charge in [-0.1, -0.05) is 26.0 Å². The molecule has 0 aromatic heterocycles. The van der Waals surface area contributed by atoms with Gasteiger partial charge in [-0.05, 0) is 62.6 Å². The van der Waals surface area contributed by atoms with Crippen molar-refractivity contribution in [2.75, 3.05) is 13.1 Å². The lowest BCUT2D eigenvalue weighted by Gasteiger charge is -2.28. The molecule has 1 aromatic rings. The van der Waals surface area contributed by atoms with Gasteiger partial charge in [-0.25, -0.2) is 4.99 Å². The summed E-state index contributed by atoms with van der Waals surface area (Å²) in [5.41, 5.74) is 1.74. The third-order valence-corrected chi connectivity index (χ3v) is 4.85.